The molecule has 0 aromatic rings. The number of methoxy groups -OCH3 is 2. The molecule has 2 unspecified atom stereocenters. The van der Waals surface area contributed by atoms with Gasteiger partial charge in [0, 0.05) is 12.8 Å². The largest absolute Gasteiger partial charge is 0.469 e. The number of unbranched alkanes of at least 4 members (excludes halogenated alkanes) is 22. The van der Waals surface area contributed by atoms with Crippen molar-refractivity contribution < 1.29 is 19.1 Å². The van der Waals surface area contributed by atoms with Crippen molar-refractivity contribution in [3.8, 4) is 0 Å². The second kappa shape index (κ2) is 34.8. The Hall–Kier alpha value is -1.06. The van der Waals surface area contributed by atoms with Crippen molar-refractivity contribution in [2.75, 3.05) is 14.2 Å². The minimum atomic E-state index is -0.0660. The molecule has 0 aromatic heterocycles. The third-order valence-corrected chi connectivity index (χ3v) is 9.89. The lowest BCUT2D eigenvalue weighted by atomic mass is 9.78. The maximum Gasteiger partial charge on any atom is 0.305 e. The Morgan fingerprint density at radius 1 is 0.364 bits per heavy atom. The predicted molar refractivity (Wildman–Crippen MR) is 190 cm³/mol. The van der Waals surface area contributed by atoms with Crippen LogP contribution in [-0.2, 0) is 19.1 Å². The first-order valence-electron chi connectivity index (χ1n) is 19.7. The summed E-state index contributed by atoms with van der Waals surface area (Å²) in [5.74, 6) is 1.68. The molecule has 262 valence electrons. The van der Waals surface area contributed by atoms with Gasteiger partial charge in [0.2, 0.25) is 0 Å². The van der Waals surface area contributed by atoms with Crippen molar-refractivity contribution in [1.82, 2.24) is 0 Å². The molecule has 0 bridgehead atoms. The molecule has 0 radical (unpaired) electrons. The van der Waals surface area contributed by atoms with E-state index in [4.69, 9.17) is 9.47 Å². The van der Waals surface area contributed by atoms with E-state index >= 15 is 0 Å². The fraction of sp³-hybridized carbons (Fsp3) is 0.950. The summed E-state index contributed by atoms with van der Waals surface area (Å²) in [5, 5.41) is 0. The third kappa shape index (κ3) is 29.6. The minimum Gasteiger partial charge on any atom is -0.469 e. The number of rotatable bonds is 35. The predicted octanol–water partition coefficient (Wildman–Crippen LogP) is 13.1. The van der Waals surface area contributed by atoms with Crippen LogP contribution in [0, 0.1) is 11.8 Å². The molecule has 0 aliphatic heterocycles. The number of carbonyl (C=O) groups is 2. The molecule has 0 saturated carbocycles. The van der Waals surface area contributed by atoms with E-state index in [0.717, 1.165) is 37.5 Å². The topological polar surface area (TPSA) is 52.6 Å². The van der Waals surface area contributed by atoms with Gasteiger partial charge in [0.05, 0.1) is 14.2 Å². The summed E-state index contributed by atoms with van der Waals surface area (Å²) >= 11 is 0. The van der Waals surface area contributed by atoms with Gasteiger partial charge in [0.25, 0.3) is 0 Å². The van der Waals surface area contributed by atoms with E-state index in [0.29, 0.717) is 12.8 Å². The van der Waals surface area contributed by atoms with Crippen LogP contribution in [0.3, 0.4) is 0 Å². The van der Waals surface area contributed by atoms with Crippen molar-refractivity contribution in [1.29, 1.82) is 0 Å². The first kappa shape index (κ1) is 42.9. The summed E-state index contributed by atoms with van der Waals surface area (Å²) in [6.07, 6.45) is 41.4. The Balaban J connectivity index is 4.80. The van der Waals surface area contributed by atoms with Crippen LogP contribution in [0.5, 0.6) is 0 Å². The highest BCUT2D eigenvalue weighted by Crippen LogP contribution is 2.34. The first-order valence-corrected chi connectivity index (χ1v) is 19.7. The highest BCUT2D eigenvalue weighted by molar-refractivity contribution is 5.69. The molecule has 0 aliphatic rings. The molecule has 4 heteroatoms. The highest BCUT2D eigenvalue weighted by Gasteiger charge is 2.20. The molecule has 0 aliphatic carbocycles. The van der Waals surface area contributed by atoms with Gasteiger partial charge in [-0.25, -0.2) is 0 Å². The highest BCUT2D eigenvalue weighted by atomic mass is 16.5. The number of hydrogen-bond donors (Lipinski definition) is 0. The van der Waals surface area contributed by atoms with Gasteiger partial charge in [-0.3, -0.25) is 9.59 Å². The van der Waals surface area contributed by atoms with E-state index in [1.807, 2.05) is 0 Å². The average Bonchev–Trinajstić information content (AvgIpc) is 3.04. The van der Waals surface area contributed by atoms with E-state index in [1.165, 1.54) is 181 Å². The molecule has 4 nitrogen and oxygen atoms in total. The van der Waals surface area contributed by atoms with E-state index in [1.54, 1.807) is 0 Å². The minimum absolute atomic E-state index is 0.0660. The smallest absolute Gasteiger partial charge is 0.305 e. The van der Waals surface area contributed by atoms with Crippen LogP contribution in [0.1, 0.15) is 219 Å². The van der Waals surface area contributed by atoms with Gasteiger partial charge in [-0.05, 0) is 24.7 Å². The Bertz CT molecular complexity index is 552. The van der Waals surface area contributed by atoms with Gasteiger partial charge in [0.15, 0.2) is 0 Å². The maximum absolute atomic E-state index is 11.4. The van der Waals surface area contributed by atoms with Crippen LogP contribution >= 0.6 is 0 Å². The number of carbonyl (C=O) groups excluding carboxylic acids is 2. The lowest BCUT2D eigenvalue weighted by Crippen LogP contribution is -2.16. The third-order valence-electron chi connectivity index (χ3n) is 9.89. The quantitative estimate of drug-likeness (QED) is 0.0521. The van der Waals surface area contributed by atoms with E-state index in [2.05, 4.69) is 13.8 Å². The molecular weight excluding hydrogens is 544 g/mol. The van der Waals surface area contributed by atoms with E-state index < -0.39 is 0 Å². The lowest BCUT2D eigenvalue weighted by molar-refractivity contribution is -0.141. The number of ether oxygens (including phenoxy) is 2. The fourth-order valence-corrected chi connectivity index (χ4v) is 6.93. The molecule has 0 spiro atoms. The lowest BCUT2D eigenvalue weighted by Gasteiger charge is -2.28. The molecule has 44 heavy (non-hydrogen) atoms. The van der Waals surface area contributed by atoms with Crippen molar-refractivity contribution in [3.63, 3.8) is 0 Å². The Morgan fingerprint density at radius 2 is 0.591 bits per heavy atom. The standard InChI is InChI=1S/C40H78O4/c1-5-7-9-11-13-19-25-31-37(33-27-21-15-17-23-29-35-39(41)43-3)38(32-26-20-14-12-10-8-6-2)34-28-22-16-18-24-30-36-40(42)44-4/h37-38H,5-36H2,1-4H3. The summed E-state index contributed by atoms with van der Waals surface area (Å²) in [5.41, 5.74) is 0. The van der Waals surface area contributed by atoms with Crippen molar-refractivity contribution >= 4 is 11.9 Å². The first-order chi connectivity index (χ1) is 21.6. The Kier molecular flexibility index (Phi) is 34.0. The Labute approximate surface area is 276 Å². The molecule has 0 saturated heterocycles. The maximum atomic E-state index is 11.4. The zero-order valence-electron chi connectivity index (χ0n) is 30.4. The van der Waals surface area contributed by atoms with Crippen LogP contribution in [-0.4, -0.2) is 26.2 Å². The summed E-state index contributed by atoms with van der Waals surface area (Å²) in [6.45, 7) is 4.62. The van der Waals surface area contributed by atoms with Crippen LogP contribution < -0.4 is 0 Å². The normalized spacial score (nSPS) is 12.7. The summed E-state index contributed by atoms with van der Waals surface area (Å²) in [6, 6.07) is 0. The molecule has 0 rings (SSSR count). The number of esters is 2. The van der Waals surface area contributed by atoms with Gasteiger partial charge in [0.1, 0.15) is 0 Å². The van der Waals surface area contributed by atoms with Gasteiger partial charge in [-0.15, -0.1) is 0 Å². The van der Waals surface area contributed by atoms with Crippen LogP contribution in [0.15, 0.2) is 0 Å². The monoisotopic (exact) mass is 623 g/mol. The Morgan fingerprint density at radius 3 is 0.841 bits per heavy atom. The number of hydrogen-bond acceptors (Lipinski definition) is 4. The second-order valence-electron chi connectivity index (χ2n) is 13.8. The zero-order valence-corrected chi connectivity index (χ0v) is 30.4. The molecule has 0 amide bonds. The fourth-order valence-electron chi connectivity index (χ4n) is 6.93. The van der Waals surface area contributed by atoms with Crippen molar-refractivity contribution in [2.45, 2.75) is 219 Å². The zero-order chi connectivity index (χ0) is 32.4. The van der Waals surface area contributed by atoms with E-state index in [9.17, 15) is 9.59 Å². The van der Waals surface area contributed by atoms with Crippen LogP contribution in [0.4, 0.5) is 0 Å². The van der Waals surface area contributed by atoms with Crippen molar-refractivity contribution in [3.05, 3.63) is 0 Å². The van der Waals surface area contributed by atoms with Crippen LogP contribution in [0.2, 0.25) is 0 Å². The summed E-state index contributed by atoms with van der Waals surface area (Å²) in [7, 11) is 2.98. The van der Waals surface area contributed by atoms with Gasteiger partial charge < -0.3 is 9.47 Å². The van der Waals surface area contributed by atoms with E-state index in [-0.39, 0.29) is 11.9 Å². The summed E-state index contributed by atoms with van der Waals surface area (Å²) < 4.78 is 9.56. The molecule has 0 aromatic carbocycles. The van der Waals surface area contributed by atoms with Gasteiger partial charge in [-0.2, -0.15) is 0 Å². The van der Waals surface area contributed by atoms with Gasteiger partial charge in [-0.1, -0.05) is 194 Å². The molecule has 0 N–H and O–H groups in total. The summed E-state index contributed by atoms with van der Waals surface area (Å²) in [4.78, 5) is 22.7. The molecular formula is C40H78O4. The average molecular weight is 623 g/mol. The van der Waals surface area contributed by atoms with Crippen LogP contribution in [0.25, 0.3) is 0 Å². The van der Waals surface area contributed by atoms with Gasteiger partial charge >= 0.3 is 11.9 Å². The molecule has 2 atom stereocenters. The van der Waals surface area contributed by atoms with Crippen molar-refractivity contribution in [2.24, 2.45) is 11.8 Å². The molecule has 0 fully saturated rings. The SMILES string of the molecule is CCCCCCCCCC(CCCCCCCCC(=O)OC)C(CCCCCCCCC)CCCCCCCCC(=O)OC. The molecule has 0 heterocycles. The second-order valence-corrected chi connectivity index (χ2v) is 13.8.